The maximum absolute atomic E-state index is 13.0. The van der Waals surface area contributed by atoms with Gasteiger partial charge >= 0.3 is 0 Å². The number of para-hydroxylation sites is 1. The minimum atomic E-state index is -3.68. The molecule has 0 aliphatic heterocycles. The first kappa shape index (κ1) is 19.7. The van der Waals surface area contributed by atoms with E-state index in [9.17, 15) is 8.42 Å². The van der Waals surface area contributed by atoms with Crippen LogP contribution in [0.4, 0.5) is 5.69 Å². The highest BCUT2D eigenvalue weighted by Crippen LogP contribution is 2.33. The van der Waals surface area contributed by atoms with Crippen molar-refractivity contribution in [1.82, 2.24) is 9.78 Å². The van der Waals surface area contributed by atoms with Gasteiger partial charge in [0.2, 0.25) is 0 Å². The Morgan fingerprint density at radius 1 is 0.931 bits per heavy atom. The van der Waals surface area contributed by atoms with Crippen molar-refractivity contribution in [3.63, 3.8) is 0 Å². The number of aromatic nitrogens is 2. The Bertz CT molecular complexity index is 1080. The summed E-state index contributed by atoms with van der Waals surface area (Å²) in [5.74, 6) is 0.557. The number of hydrogen-bond donors (Lipinski definition) is 1. The summed E-state index contributed by atoms with van der Waals surface area (Å²) in [4.78, 5) is 0.281. The lowest BCUT2D eigenvalue weighted by atomic mass is 9.84. The molecule has 152 valence electrons. The van der Waals surface area contributed by atoms with E-state index in [-0.39, 0.29) is 4.90 Å². The fraction of sp³-hybridized carbons (Fsp3) is 0.348. The predicted molar refractivity (Wildman–Crippen MR) is 116 cm³/mol. The molecule has 6 heteroatoms. The summed E-state index contributed by atoms with van der Waals surface area (Å²) in [6.07, 6.45) is 6.22. The highest BCUT2D eigenvalue weighted by Gasteiger charge is 2.21. The molecule has 0 amide bonds. The van der Waals surface area contributed by atoms with Crippen molar-refractivity contribution in [2.75, 3.05) is 4.72 Å². The van der Waals surface area contributed by atoms with Crippen LogP contribution in [0.3, 0.4) is 0 Å². The summed E-state index contributed by atoms with van der Waals surface area (Å²) in [6.45, 7) is 3.69. The average molecular weight is 410 g/mol. The Labute approximate surface area is 172 Å². The standard InChI is InChI=1S/C23H27N3O2S/c1-17-23(18(2)26(24-17)21-11-7-4-8-12-21)25-29(27,28)22-15-13-20(14-16-22)19-9-5-3-6-10-19/h4,7-8,11-16,19,25H,3,5-6,9-10H2,1-2H3. The van der Waals surface area contributed by atoms with Gasteiger partial charge in [0.1, 0.15) is 0 Å². The van der Waals surface area contributed by atoms with Crippen LogP contribution >= 0.6 is 0 Å². The normalized spacial score (nSPS) is 15.4. The Morgan fingerprint density at radius 3 is 2.24 bits per heavy atom. The maximum Gasteiger partial charge on any atom is 0.262 e. The third kappa shape index (κ3) is 4.08. The molecule has 0 saturated heterocycles. The van der Waals surface area contributed by atoms with Gasteiger partial charge in [-0.3, -0.25) is 4.72 Å². The van der Waals surface area contributed by atoms with Crippen molar-refractivity contribution < 1.29 is 8.42 Å². The van der Waals surface area contributed by atoms with E-state index in [1.54, 1.807) is 16.8 Å². The molecule has 29 heavy (non-hydrogen) atoms. The van der Waals surface area contributed by atoms with Crippen LogP contribution in [0.5, 0.6) is 0 Å². The second-order valence-electron chi connectivity index (χ2n) is 7.80. The van der Waals surface area contributed by atoms with Crippen molar-refractivity contribution in [3.8, 4) is 5.69 Å². The molecule has 0 radical (unpaired) electrons. The van der Waals surface area contributed by atoms with Crippen LogP contribution in [-0.2, 0) is 10.0 Å². The van der Waals surface area contributed by atoms with Gasteiger partial charge in [0.15, 0.2) is 0 Å². The highest BCUT2D eigenvalue weighted by atomic mass is 32.2. The fourth-order valence-corrected chi connectivity index (χ4v) is 5.34. The number of benzene rings is 2. The topological polar surface area (TPSA) is 64.0 Å². The van der Waals surface area contributed by atoms with Gasteiger partial charge < -0.3 is 0 Å². The van der Waals surface area contributed by atoms with Crippen LogP contribution in [0.15, 0.2) is 59.5 Å². The molecule has 2 aromatic carbocycles. The van der Waals surface area contributed by atoms with Gasteiger partial charge in [0, 0.05) is 0 Å². The summed E-state index contributed by atoms with van der Waals surface area (Å²) in [5.41, 5.74) is 4.08. The summed E-state index contributed by atoms with van der Waals surface area (Å²) in [5, 5.41) is 4.52. The van der Waals surface area contributed by atoms with Crippen LogP contribution in [0.25, 0.3) is 5.69 Å². The Hall–Kier alpha value is -2.60. The molecule has 1 heterocycles. The van der Waals surface area contributed by atoms with Crippen molar-refractivity contribution >= 4 is 15.7 Å². The number of hydrogen-bond acceptors (Lipinski definition) is 3. The van der Waals surface area contributed by atoms with Crippen molar-refractivity contribution in [2.24, 2.45) is 0 Å². The van der Waals surface area contributed by atoms with Crippen LogP contribution in [0.2, 0.25) is 0 Å². The van der Waals surface area contributed by atoms with Gasteiger partial charge in [-0.15, -0.1) is 0 Å². The van der Waals surface area contributed by atoms with Gasteiger partial charge in [-0.05, 0) is 62.4 Å². The molecule has 0 unspecified atom stereocenters. The van der Waals surface area contributed by atoms with E-state index in [1.807, 2.05) is 56.3 Å². The first-order valence-electron chi connectivity index (χ1n) is 10.2. The van der Waals surface area contributed by atoms with Crippen molar-refractivity contribution in [1.29, 1.82) is 0 Å². The smallest absolute Gasteiger partial charge is 0.262 e. The summed E-state index contributed by atoms with van der Waals surface area (Å²) in [7, 11) is -3.68. The van der Waals surface area contributed by atoms with Crippen LogP contribution in [0, 0.1) is 13.8 Å². The molecule has 1 N–H and O–H groups in total. The largest absolute Gasteiger partial charge is 0.276 e. The van der Waals surface area contributed by atoms with E-state index in [1.165, 1.54) is 37.7 Å². The third-order valence-electron chi connectivity index (χ3n) is 5.80. The fourth-order valence-electron chi connectivity index (χ4n) is 4.16. The summed E-state index contributed by atoms with van der Waals surface area (Å²) >= 11 is 0. The second kappa shape index (κ2) is 8.03. The summed E-state index contributed by atoms with van der Waals surface area (Å²) in [6, 6.07) is 17.1. The van der Waals surface area contributed by atoms with E-state index in [4.69, 9.17) is 0 Å². The lowest BCUT2D eigenvalue weighted by Gasteiger charge is -2.22. The number of aryl methyl sites for hydroxylation is 1. The number of sulfonamides is 1. The zero-order chi connectivity index (χ0) is 20.4. The molecule has 1 saturated carbocycles. The highest BCUT2D eigenvalue weighted by molar-refractivity contribution is 7.92. The van der Waals surface area contributed by atoms with Gasteiger partial charge in [0.05, 0.1) is 27.7 Å². The number of nitrogens with one attached hydrogen (secondary N) is 1. The first-order valence-corrected chi connectivity index (χ1v) is 11.7. The van der Waals surface area contributed by atoms with Crippen molar-refractivity contribution in [2.45, 2.75) is 56.8 Å². The molecule has 1 aromatic heterocycles. The summed E-state index contributed by atoms with van der Waals surface area (Å²) < 4.78 is 30.5. The lowest BCUT2D eigenvalue weighted by molar-refractivity contribution is 0.443. The molecule has 1 fully saturated rings. The monoisotopic (exact) mass is 409 g/mol. The molecule has 1 aliphatic rings. The van der Waals surface area contributed by atoms with E-state index in [2.05, 4.69) is 9.82 Å². The molecule has 4 rings (SSSR count). The van der Waals surface area contributed by atoms with Crippen LogP contribution in [-0.4, -0.2) is 18.2 Å². The second-order valence-corrected chi connectivity index (χ2v) is 9.49. The maximum atomic E-state index is 13.0. The predicted octanol–water partition coefficient (Wildman–Crippen LogP) is 5.34. The Kier molecular flexibility index (Phi) is 5.46. The lowest BCUT2D eigenvalue weighted by Crippen LogP contribution is -2.14. The third-order valence-corrected chi connectivity index (χ3v) is 7.16. The number of nitrogens with zero attached hydrogens (tertiary/aromatic N) is 2. The molecule has 3 aromatic rings. The van der Waals surface area contributed by atoms with Crippen molar-refractivity contribution in [3.05, 3.63) is 71.5 Å². The first-order chi connectivity index (χ1) is 14.0. The van der Waals surface area contributed by atoms with Crippen LogP contribution < -0.4 is 4.72 Å². The molecule has 5 nitrogen and oxygen atoms in total. The zero-order valence-electron chi connectivity index (χ0n) is 16.9. The minimum Gasteiger partial charge on any atom is -0.276 e. The molecule has 0 atom stereocenters. The SMILES string of the molecule is Cc1nn(-c2ccccc2)c(C)c1NS(=O)(=O)c1ccc(C2CCCCC2)cc1. The van der Waals surface area contributed by atoms with Gasteiger partial charge in [-0.2, -0.15) is 5.10 Å². The molecule has 0 spiro atoms. The Balaban J connectivity index is 1.58. The van der Waals surface area contributed by atoms with E-state index < -0.39 is 10.0 Å². The molecular formula is C23H27N3O2S. The van der Waals surface area contributed by atoms with E-state index >= 15 is 0 Å². The van der Waals surface area contributed by atoms with Gasteiger partial charge in [-0.25, -0.2) is 13.1 Å². The van der Waals surface area contributed by atoms with Crippen LogP contribution in [0.1, 0.15) is 55.0 Å². The van der Waals surface area contributed by atoms with Gasteiger partial charge in [0.25, 0.3) is 10.0 Å². The zero-order valence-corrected chi connectivity index (χ0v) is 17.7. The number of anilines is 1. The Morgan fingerprint density at radius 2 is 1.59 bits per heavy atom. The average Bonchev–Trinajstić information content (AvgIpc) is 3.03. The molecular weight excluding hydrogens is 382 g/mol. The quantitative estimate of drug-likeness (QED) is 0.619. The number of rotatable bonds is 5. The van der Waals surface area contributed by atoms with E-state index in [0.717, 1.165) is 11.4 Å². The van der Waals surface area contributed by atoms with Gasteiger partial charge in [-0.1, -0.05) is 49.6 Å². The minimum absolute atomic E-state index is 0.281. The van der Waals surface area contributed by atoms with E-state index in [0.29, 0.717) is 17.3 Å². The molecule has 0 bridgehead atoms. The molecule has 1 aliphatic carbocycles.